The topological polar surface area (TPSA) is 48.5 Å². The number of benzene rings is 10. The first-order chi connectivity index (χ1) is 33.7. The quantitative estimate of drug-likeness (QED) is 0.153. The lowest BCUT2D eigenvalue weighted by atomic mass is 9.96. The highest BCUT2D eigenvalue weighted by Crippen LogP contribution is 2.44. The molecule has 5 heteroatoms. The number of nitrogens with zero attached hydrogens (tertiary/aromatic N) is 5. The largest absolute Gasteiger partial charge is 0.307 e. The molecule has 10 aromatic carbocycles. The molecule has 3 aromatic heterocycles. The fourth-order valence-electron chi connectivity index (χ4n) is 10.0. The van der Waals surface area contributed by atoms with E-state index >= 15 is 0 Å². The van der Waals surface area contributed by atoms with Crippen molar-refractivity contribution < 1.29 is 0 Å². The maximum atomic E-state index is 5.55. The Balaban J connectivity index is 1.14. The molecular weight excluding hydrogens is 827 g/mol. The van der Waals surface area contributed by atoms with Gasteiger partial charge in [0.15, 0.2) is 11.6 Å². The standard InChI is InChI=1S/C63H41N5/c1-6-20-42(21-7-1)47-34-37-58(55(41-47)45-26-12-4-13-27-45)67-56-32-18-16-30-51(56)53-35-36-54-52-31-17-19-33-57(52)68(60(54)59(53)67)63-65-61(46-28-14-5-15-29-46)64-62(66-63)50-39-48(43-22-8-2-9-23-43)38-49(40-50)44-24-10-3-11-25-44/h1-41H. The number of hydrogen-bond acceptors (Lipinski definition) is 3. The Morgan fingerprint density at radius 2 is 0.662 bits per heavy atom. The summed E-state index contributed by atoms with van der Waals surface area (Å²) in [5.41, 5.74) is 16.1. The molecule has 0 N–H and O–H groups in total. The van der Waals surface area contributed by atoms with Crippen LogP contribution < -0.4 is 0 Å². The van der Waals surface area contributed by atoms with Crippen LogP contribution in [0.25, 0.3) is 123 Å². The van der Waals surface area contributed by atoms with Gasteiger partial charge in [-0.3, -0.25) is 4.57 Å². The summed E-state index contributed by atoms with van der Waals surface area (Å²) in [4.78, 5) is 16.3. The van der Waals surface area contributed by atoms with Gasteiger partial charge in [0, 0.05) is 38.2 Å². The maximum absolute atomic E-state index is 5.55. The second kappa shape index (κ2) is 16.4. The molecule has 0 unspecified atom stereocenters. The van der Waals surface area contributed by atoms with Gasteiger partial charge in [-0.25, -0.2) is 4.98 Å². The number of aromatic nitrogens is 5. The predicted octanol–water partition coefficient (Wildman–Crippen LogP) is 16.1. The summed E-state index contributed by atoms with van der Waals surface area (Å²) in [5, 5.41) is 4.54. The second-order valence-electron chi connectivity index (χ2n) is 17.2. The first-order valence-corrected chi connectivity index (χ1v) is 23.0. The minimum Gasteiger partial charge on any atom is -0.307 e. The first kappa shape index (κ1) is 39.2. The van der Waals surface area contributed by atoms with Crippen LogP contribution in [-0.2, 0) is 0 Å². The van der Waals surface area contributed by atoms with Gasteiger partial charge in [-0.15, -0.1) is 0 Å². The smallest absolute Gasteiger partial charge is 0.238 e. The van der Waals surface area contributed by atoms with Gasteiger partial charge in [0.25, 0.3) is 0 Å². The van der Waals surface area contributed by atoms with Crippen LogP contribution >= 0.6 is 0 Å². The minimum atomic E-state index is 0.540. The number of fused-ring (bicyclic) bond motifs is 7. The molecular formula is C63H41N5. The third-order valence-corrected chi connectivity index (χ3v) is 13.2. The van der Waals surface area contributed by atoms with Crippen LogP contribution in [0, 0.1) is 0 Å². The van der Waals surface area contributed by atoms with Crippen molar-refractivity contribution in [3.05, 3.63) is 249 Å². The molecule has 0 amide bonds. The molecule has 0 saturated heterocycles. The number of para-hydroxylation sites is 2. The van der Waals surface area contributed by atoms with E-state index in [9.17, 15) is 0 Å². The van der Waals surface area contributed by atoms with Gasteiger partial charge in [-0.1, -0.05) is 206 Å². The lowest BCUT2D eigenvalue weighted by molar-refractivity contribution is 0.953. The van der Waals surface area contributed by atoms with E-state index in [1.54, 1.807) is 0 Å². The van der Waals surface area contributed by atoms with Crippen molar-refractivity contribution in [3.8, 4) is 78.9 Å². The van der Waals surface area contributed by atoms with Crippen molar-refractivity contribution in [2.24, 2.45) is 0 Å². The highest BCUT2D eigenvalue weighted by Gasteiger charge is 2.25. The Labute approximate surface area is 393 Å². The highest BCUT2D eigenvalue weighted by atomic mass is 15.2. The van der Waals surface area contributed by atoms with E-state index in [2.05, 4.69) is 240 Å². The average Bonchev–Trinajstić information content (AvgIpc) is 3.95. The average molecular weight is 868 g/mol. The molecule has 0 bridgehead atoms. The molecule has 0 radical (unpaired) electrons. The van der Waals surface area contributed by atoms with E-state index < -0.39 is 0 Å². The lowest BCUT2D eigenvalue weighted by Crippen LogP contribution is -2.07. The van der Waals surface area contributed by atoms with Gasteiger partial charge in [-0.05, 0) is 81.4 Å². The van der Waals surface area contributed by atoms with Crippen LogP contribution in [0.2, 0.25) is 0 Å². The van der Waals surface area contributed by atoms with Crippen LogP contribution in [0.4, 0.5) is 0 Å². The van der Waals surface area contributed by atoms with E-state index in [1.165, 1.54) is 10.9 Å². The molecule has 0 saturated carbocycles. The highest BCUT2D eigenvalue weighted by molar-refractivity contribution is 6.24. The van der Waals surface area contributed by atoms with Crippen LogP contribution in [0.5, 0.6) is 0 Å². The maximum Gasteiger partial charge on any atom is 0.238 e. The fraction of sp³-hybridized carbons (Fsp3) is 0. The van der Waals surface area contributed by atoms with Crippen molar-refractivity contribution in [1.29, 1.82) is 0 Å². The molecule has 0 aliphatic carbocycles. The van der Waals surface area contributed by atoms with Gasteiger partial charge in [0.2, 0.25) is 5.95 Å². The summed E-state index contributed by atoms with van der Waals surface area (Å²) in [6.45, 7) is 0. The monoisotopic (exact) mass is 867 g/mol. The number of rotatable bonds is 8. The van der Waals surface area contributed by atoms with Gasteiger partial charge in [0.1, 0.15) is 0 Å². The molecule has 13 rings (SSSR count). The lowest BCUT2D eigenvalue weighted by Gasteiger charge is -2.17. The van der Waals surface area contributed by atoms with Crippen molar-refractivity contribution in [2.75, 3.05) is 0 Å². The zero-order valence-electron chi connectivity index (χ0n) is 36.9. The fourth-order valence-corrected chi connectivity index (χ4v) is 10.0. The van der Waals surface area contributed by atoms with Crippen LogP contribution in [0.1, 0.15) is 0 Å². The molecule has 0 atom stereocenters. The predicted molar refractivity (Wildman–Crippen MR) is 281 cm³/mol. The molecule has 0 spiro atoms. The summed E-state index contributed by atoms with van der Waals surface area (Å²) in [6.07, 6.45) is 0. The molecule has 13 aromatic rings. The van der Waals surface area contributed by atoms with Gasteiger partial charge in [0.05, 0.1) is 27.8 Å². The van der Waals surface area contributed by atoms with Crippen LogP contribution in [0.15, 0.2) is 249 Å². The third kappa shape index (κ3) is 6.68. The normalized spacial score (nSPS) is 11.5. The van der Waals surface area contributed by atoms with E-state index in [4.69, 9.17) is 15.0 Å². The molecule has 318 valence electrons. The van der Waals surface area contributed by atoms with E-state index in [0.717, 1.165) is 94.0 Å². The Hall–Kier alpha value is -9.19. The zero-order chi connectivity index (χ0) is 45.0. The SMILES string of the molecule is c1ccc(-c2cc(-c3ccccc3)cc(-c3nc(-c4ccccc4)nc(-n4c5ccccc5c5ccc6c7ccccc7n(-c7ccc(-c8ccccc8)cc7-c7ccccc7)c6c54)n3)c2)cc1. The zero-order valence-corrected chi connectivity index (χ0v) is 36.9. The Kier molecular flexibility index (Phi) is 9.43. The van der Waals surface area contributed by atoms with E-state index in [-0.39, 0.29) is 0 Å². The second-order valence-corrected chi connectivity index (χ2v) is 17.2. The first-order valence-electron chi connectivity index (χ1n) is 23.0. The Morgan fingerprint density at radius 3 is 1.21 bits per heavy atom. The van der Waals surface area contributed by atoms with Crippen LogP contribution in [0.3, 0.4) is 0 Å². The van der Waals surface area contributed by atoms with Crippen molar-refractivity contribution >= 4 is 43.6 Å². The Morgan fingerprint density at radius 1 is 0.250 bits per heavy atom. The van der Waals surface area contributed by atoms with Crippen molar-refractivity contribution in [1.82, 2.24) is 24.1 Å². The molecule has 0 fully saturated rings. The summed E-state index contributed by atoms with van der Waals surface area (Å²) in [5.74, 6) is 1.72. The van der Waals surface area contributed by atoms with Crippen molar-refractivity contribution in [3.63, 3.8) is 0 Å². The molecule has 5 nitrogen and oxygen atoms in total. The molecule has 0 aliphatic rings. The number of hydrogen-bond donors (Lipinski definition) is 0. The molecule has 3 heterocycles. The third-order valence-electron chi connectivity index (χ3n) is 13.2. The minimum absolute atomic E-state index is 0.540. The summed E-state index contributed by atoms with van der Waals surface area (Å²) in [6, 6.07) is 88.2. The summed E-state index contributed by atoms with van der Waals surface area (Å²) < 4.78 is 4.74. The molecule has 68 heavy (non-hydrogen) atoms. The van der Waals surface area contributed by atoms with Gasteiger partial charge < -0.3 is 4.57 Å². The van der Waals surface area contributed by atoms with Crippen LogP contribution in [-0.4, -0.2) is 24.1 Å². The summed E-state index contributed by atoms with van der Waals surface area (Å²) >= 11 is 0. The summed E-state index contributed by atoms with van der Waals surface area (Å²) in [7, 11) is 0. The molecule has 0 aliphatic heterocycles. The van der Waals surface area contributed by atoms with Crippen molar-refractivity contribution in [2.45, 2.75) is 0 Å². The van der Waals surface area contributed by atoms with Gasteiger partial charge in [-0.2, -0.15) is 9.97 Å². The van der Waals surface area contributed by atoms with Gasteiger partial charge >= 0.3 is 0 Å². The van der Waals surface area contributed by atoms with E-state index in [0.29, 0.717) is 17.6 Å². The van der Waals surface area contributed by atoms with E-state index in [1.807, 2.05) is 18.2 Å². The Bertz CT molecular complexity index is 3930.